The molecule has 0 heterocycles. The van der Waals surface area contributed by atoms with Crippen molar-refractivity contribution >= 4 is 23.2 Å². The van der Waals surface area contributed by atoms with Crippen LogP contribution in [0.15, 0.2) is 42.5 Å². The molecule has 0 bridgehead atoms. The van der Waals surface area contributed by atoms with Crippen molar-refractivity contribution in [1.82, 2.24) is 0 Å². The molecule has 2 aromatic carbocycles. The average Bonchev–Trinajstić information content (AvgIpc) is 2.50. The zero-order valence-corrected chi connectivity index (χ0v) is 14.3. The van der Waals surface area contributed by atoms with E-state index >= 15 is 0 Å². The highest BCUT2D eigenvalue weighted by atomic mass is 16.5. The lowest BCUT2D eigenvalue weighted by molar-refractivity contribution is -0.122. The molecule has 2 N–H and O–H groups in total. The maximum atomic E-state index is 12.3. The molecule has 0 fully saturated rings. The summed E-state index contributed by atoms with van der Waals surface area (Å²) in [5.74, 6) is 0.243. The SMILES string of the molecule is CC(=O)Nc1cc(NC(=O)C(C)Oc2cccc(C)c2)ccc1C. The van der Waals surface area contributed by atoms with Crippen molar-refractivity contribution in [2.45, 2.75) is 33.8 Å². The van der Waals surface area contributed by atoms with Gasteiger partial charge in [0, 0.05) is 18.3 Å². The summed E-state index contributed by atoms with van der Waals surface area (Å²) in [4.78, 5) is 23.5. The second-order valence-corrected chi connectivity index (χ2v) is 5.78. The molecule has 0 aromatic heterocycles. The minimum atomic E-state index is -0.641. The van der Waals surface area contributed by atoms with Gasteiger partial charge in [-0.15, -0.1) is 0 Å². The Morgan fingerprint density at radius 3 is 2.46 bits per heavy atom. The minimum absolute atomic E-state index is 0.155. The lowest BCUT2D eigenvalue weighted by atomic mass is 10.1. The number of amides is 2. The van der Waals surface area contributed by atoms with Crippen molar-refractivity contribution in [3.05, 3.63) is 53.6 Å². The Balaban J connectivity index is 2.04. The number of nitrogens with one attached hydrogen (secondary N) is 2. The average molecular weight is 326 g/mol. The summed E-state index contributed by atoms with van der Waals surface area (Å²) < 4.78 is 5.67. The van der Waals surface area contributed by atoms with Gasteiger partial charge in [-0.2, -0.15) is 0 Å². The van der Waals surface area contributed by atoms with Crippen LogP contribution < -0.4 is 15.4 Å². The van der Waals surface area contributed by atoms with Crippen LogP contribution >= 0.6 is 0 Å². The van der Waals surface area contributed by atoms with Crippen molar-refractivity contribution in [2.24, 2.45) is 0 Å². The molecule has 5 heteroatoms. The molecule has 0 saturated heterocycles. The molecule has 0 aliphatic heterocycles. The number of carbonyl (C=O) groups excluding carboxylic acids is 2. The molecule has 5 nitrogen and oxygen atoms in total. The van der Waals surface area contributed by atoms with Crippen LogP contribution in [0.1, 0.15) is 25.0 Å². The Morgan fingerprint density at radius 2 is 1.79 bits per heavy atom. The molecular weight excluding hydrogens is 304 g/mol. The van der Waals surface area contributed by atoms with Crippen LogP contribution in [0.2, 0.25) is 0 Å². The number of rotatable bonds is 5. The minimum Gasteiger partial charge on any atom is -0.481 e. The Kier molecular flexibility index (Phi) is 5.58. The summed E-state index contributed by atoms with van der Waals surface area (Å²) in [5.41, 5.74) is 3.27. The largest absolute Gasteiger partial charge is 0.481 e. The zero-order valence-electron chi connectivity index (χ0n) is 14.3. The van der Waals surface area contributed by atoms with Gasteiger partial charge in [0.05, 0.1) is 0 Å². The van der Waals surface area contributed by atoms with Gasteiger partial charge in [0.15, 0.2) is 6.10 Å². The van der Waals surface area contributed by atoms with E-state index in [0.717, 1.165) is 11.1 Å². The summed E-state index contributed by atoms with van der Waals surface area (Å²) in [6, 6.07) is 12.9. The first-order chi connectivity index (χ1) is 11.3. The van der Waals surface area contributed by atoms with Crippen LogP contribution in [-0.4, -0.2) is 17.9 Å². The Hall–Kier alpha value is -2.82. The predicted molar refractivity (Wildman–Crippen MR) is 95.4 cm³/mol. The third-order valence-electron chi connectivity index (χ3n) is 3.49. The lowest BCUT2D eigenvalue weighted by Crippen LogP contribution is -2.30. The summed E-state index contributed by atoms with van der Waals surface area (Å²) in [7, 11) is 0. The first-order valence-electron chi connectivity index (χ1n) is 7.77. The van der Waals surface area contributed by atoms with E-state index in [1.807, 2.05) is 44.2 Å². The molecular formula is C19H22N2O3. The number of hydrogen-bond donors (Lipinski definition) is 2. The topological polar surface area (TPSA) is 67.4 Å². The number of ether oxygens (including phenoxy) is 1. The molecule has 1 atom stereocenters. The third-order valence-corrected chi connectivity index (χ3v) is 3.49. The summed E-state index contributed by atoms with van der Waals surface area (Å²) in [6.07, 6.45) is -0.641. The van der Waals surface area contributed by atoms with E-state index in [1.54, 1.807) is 19.1 Å². The first-order valence-corrected chi connectivity index (χ1v) is 7.77. The molecule has 1 unspecified atom stereocenters. The van der Waals surface area contributed by atoms with Gasteiger partial charge >= 0.3 is 0 Å². The van der Waals surface area contributed by atoms with Crippen molar-refractivity contribution in [3.63, 3.8) is 0 Å². The Morgan fingerprint density at radius 1 is 1.04 bits per heavy atom. The number of aryl methyl sites for hydroxylation is 2. The number of carbonyl (C=O) groups is 2. The highest BCUT2D eigenvalue weighted by molar-refractivity contribution is 5.96. The van der Waals surface area contributed by atoms with E-state index in [4.69, 9.17) is 4.74 Å². The molecule has 2 aromatic rings. The molecule has 0 saturated carbocycles. The number of benzene rings is 2. The lowest BCUT2D eigenvalue weighted by Gasteiger charge is -2.16. The van der Waals surface area contributed by atoms with Gasteiger partial charge in [-0.3, -0.25) is 9.59 Å². The van der Waals surface area contributed by atoms with Crippen molar-refractivity contribution in [3.8, 4) is 5.75 Å². The summed E-state index contributed by atoms with van der Waals surface area (Å²) >= 11 is 0. The predicted octanol–water partition coefficient (Wildman–Crippen LogP) is 3.67. The fraction of sp³-hybridized carbons (Fsp3) is 0.263. The van der Waals surface area contributed by atoms with Crippen LogP contribution in [0.5, 0.6) is 5.75 Å². The van der Waals surface area contributed by atoms with E-state index < -0.39 is 6.10 Å². The van der Waals surface area contributed by atoms with Crippen LogP contribution in [-0.2, 0) is 9.59 Å². The molecule has 0 radical (unpaired) electrons. The molecule has 2 amide bonds. The summed E-state index contributed by atoms with van der Waals surface area (Å²) in [5, 5.41) is 5.54. The maximum absolute atomic E-state index is 12.3. The van der Waals surface area contributed by atoms with Gasteiger partial charge in [-0.1, -0.05) is 18.2 Å². The second kappa shape index (κ2) is 7.64. The van der Waals surface area contributed by atoms with Gasteiger partial charge in [0.25, 0.3) is 5.91 Å². The fourth-order valence-corrected chi connectivity index (χ4v) is 2.21. The van der Waals surface area contributed by atoms with Gasteiger partial charge < -0.3 is 15.4 Å². The van der Waals surface area contributed by atoms with Gasteiger partial charge in [0.2, 0.25) is 5.91 Å². The molecule has 0 aliphatic rings. The normalized spacial score (nSPS) is 11.5. The van der Waals surface area contributed by atoms with E-state index in [-0.39, 0.29) is 11.8 Å². The van der Waals surface area contributed by atoms with E-state index in [0.29, 0.717) is 17.1 Å². The number of anilines is 2. The van der Waals surface area contributed by atoms with Crippen molar-refractivity contribution < 1.29 is 14.3 Å². The maximum Gasteiger partial charge on any atom is 0.265 e. The zero-order chi connectivity index (χ0) is 17.7. The van der Waals surface area contributed by atoms with E-state index in [2.05, 4.69) is 10.6 Å². The molecule has 126 valence electrons. The van der Waals surface area contributed by atoms with Crippen molar-refractivity contribution in [1.29, 1.82) is 0 Å². The standard InChI is InChI=1S/C19H22N2O3/c1-12-6-5-7-17(10-12)24-14(3)19(23)21-16-9-8-13(2)18(11-16)20-15(4)22/h5-11,14H,1-4H3,(H,20,22)(H,21,23). The van der Waals surface area contributed by atoms with Crippen LogP contribution in [0.25, 0.3) is 0 Å². The Bertz CT molecular complexity index is 756. The van der Waals surface area contributed by atoms with E-state index in [9.17, 15) is 9.59 Å². The molecule has 2 rings (SSSR count). The quantitative estimate of drug-likeness (QED) is 0.881. The Labute approximate surface area is 142 Å². The van der Waals surface area contributed by atoms with Gasteiger partial charge in [0.1, 0.15) is 5.75 Å². The highest BCUT2D eigenvalue weighted by Crippen LogP contribution is 2.21. The van der Waals surface area contributed by atoms with Crippen molar-refractivity contribution in [2.75, 3.05) is 10.6 Å². The van der Waals surface area contributed by atoms with E-state index in [1.165, 1.54) is 6.92 Å². The highest BCUT2D eigenvalue weighted by Gasteiger charge is 2.15. The van der Waals surface area contributed by atoms with Crippen LogP contribution in [0, 0.1) is 13.8 Å². The van der Waals surface area contributed by atoms with Crippen LogP contribution in [0.3, 0.4) is 0 Å². The fourth-order valence-electron chi connectivity index (χ4n) is 2.21. The van der Waals surface area contributed by atoms with Gasteiger partial charge in [-0.05, 0) is 56.2 Å². The molecule has 24 heavy (non-hydrogen) atoms. The smallest absolute Gasteiger partial charge is 0.265 e. The summed E-state index contributed by atoms with van der Waals surface area (Å²) in [6.45, 7) is 7.00. The second-order valence-electron chi connectivity index (χ2n) is 5.78. The third kappa shape index (κ3) is 4.84. The van der Waals surface area contributed by atoms with Crippen LogP contribution in [0.4, 0.5) is 11.4 Å². The van der Waals surface area contributed by atoms with Gasteiger partial charge in [-0.25, -0.2) is 0 Å². The molecule has 0 aliphatic carbocycles. The monoisotopic (exact) mass is 326 g/mol. The molecule has 0 spiro atoms. The first kappa shape index (κ1) is 17.5. The number of hydrogen-bond acceptors (Lipinski definition) is 3.